The van der Waals surface area contributed by atoms with Crippen molar-refractivity contribution in [1.29, 1.82) is 0 Å². The van der Waals surface area contributed by atoms with Gasteiger partial charge in [-0.2, -0.15) is 0 Å². The molecule has 3 N–H and O–H groups in total. The monoisotopic (exact) mass is 304 g/mol. The van der Waals surface area contributed by atoms with Crippen molar-refractivity contribution in [3.05, 3.63) is 0 Å². The first-order valence-electron chi connectivity index (χ1n) is 7.68. The molecule has 0 aromatic heterocycles. The minimum Gasteiger partial charge on any atom is -0.414 e. The summed E-state index contributed by atoms with van der Waals surface area (Å²) < 4.78 is 6.39. The van der Waals surface area contributed by atoms with Crippen molar-refractivity contribution in [2.24, 2.45) is 0 Å². The zero-order valence-electron chi connectivity index (χ0n) is 13.6. The Bertz CT molecular complexity index is 313. The van der Waals surface area contributed by atoms with E-state index in [1.165, 1.54) is 0 Å². The topological polar surface area (TPSA) is 69.9 Å². The van der Waals surface area contributed by atoms with Crippen molar-refractivity contribution < 1.29 is 19.7 Å². The molecule has 3 atom stereocenters. The van der Waals surface area contributed by atoms with Crippen LogP contribution in [0.2, 0.25) is 18.1 Å². The van der Waals surface area contributed by atoms with E-state index < -0.39 is 20.0 Å². The van der Waals surface area contributed by atoms with Crippen LogP contribution >= 0.6 is 0 Å². The zero-order valence-corrected chi connectivity index (χ0v) is 14.6. The summed E-state index contributed by atoms with van der Waals surface area (Å²) >= 11 is 0. The smallest absolute Gasteiger partial charge is 0.192 e. The first-order chi connectivity index (χ1) is 8.99. The van der Waals surface area contributed by atoms with E-state index in [-0.39, 0.29) is 24.2 Å². The van der Waals surface area contributed by atoms with Gasteiger partial charge < -0.3 is 19.7 Å². The summed E-state index contributed by atoms with van der Waals surface area (Å²) in [5.74, 6) is 0. The van der Waals surface area contributed by atoms with E-state index in [0.29, 0.717) is 12.8 Å². The van der Waals surface area contributed by atoms with Gasteiger partial charge >= 0.3 is 0 Å². The quantitative estimate of drug-likeness (QED) is 0.682. The Labute approximate surface area is 124 Å². The Morgan fingerprint density at radius 1 is 1.35 bits per heavy atom. The van der Waals surface area contributed by atoms with E-state index in [4.69, 9.17) is 9.53 Å². The van der Waals surface area contributed by atoms with Crippen LogP contribution < -0.4 is 0 Å². The van der Waals surface area contributed by atoms with Crippen molar-refractivity contribution in [1.82, 2.24) is 0 Å². The Morgan fingerprint density at radius 3 is 2.45 bits per heavy atom. The molecule has 0 saturated heterocycles. The van der Waals surface area contributed by atoms with Gasteiger partial charge in [0.15, 0.2) is 8.32 Å². The van der Waals surface area contributed by atoms with Gasteiger partial charge in [-0.15, -0.1) is 0 Å². The first-order valence-corrected chi connectivity index (χ1v) is 10.6. The van der Waals surface area contributed by atoms with Crippen LogP contribution in [0.4, 0.5) is 0 Å². The van der Waals surface area contributed by atoms with E-state index in [2.05, 4.69) is 33.9 Å². The Morgan fingerprint density at radius 2 is 1.95 bits per heavy atom. The average molecular weight is 305 g/mol. The minimum atomic E-state index is -1.83. The average Bonchev–Trinajstić information content (AvgIpc) is 2.26. The summed E-state index contributed by atoms with van der Waals surface area (Å²) in [6.45, 7) is 10.8. The molecule has 0 amide bonds. The normalized spacial score (nSPS) is 30.3. The molecule has 1 rings (SSSR count). The molecular weight excluding hydrogens is 272 g/mol. The minimum absolute atomic E-state index is 0.0699. The second-order valence-electron chi connectivity index (χ2n) is 7.86. The fourth-order valence-electron chi connectivity index (χ4n) is 2.67. The van der Waals surface area contributed by atoms with E-state index in [0.717, 1.165) is 12.8 Å². The fourth-order valence-corrected chi connectivity index (χ4v) is 4.06. The number of hydrogen-bond acceptors (Lipinski definition) is 4. The third-order valence-electron chi connectivity index (χ3n) is 4.87. The summed E-state index contributed by atoms with van der Waals surface area (Å²) in [6, 6.07) is 0. The maximum Gasteiger partial charge on any atom is 0.192 e. The second-order valence-corrected chi connectivity index (χ2v) is 12.6. The molecule has 20 heavy (non-hydrogen) atoms. The number of rotatable bonds is 5. The first kappa shape index (κ1) is 18.1. The van der Waals surface area contributed by atoms with Gasteiger partial charge in [-0.05, 0) is 37.4 Å². The molecule has 0 bridgehead atoms. The van der Waals surface area contributed by atoms with E-state index in [9.17, 15) is 10.2 Å². The van der Waals surface area contributed by atoms with Crippen LogP contribution in [-0.2, 0) is 4.43 Å². The molecule has 0 aliphatic heterocycles. The van der Waals surface area contributed by atoms with Gasteiger partial charge in [0.1, 0.15) is 0 Å². The molecule has 120 valence electrons. The Balaban J connectivity index is 2.65. The van der Waals surface area contributed by atoms with Crippen LogP contribution in [0.1, 0.15) is 52.9 Å². The fraction of sp³-hybridized carbons (Fsp3) is 1.00. The molecule has 5 heteroatoms. The number of hydrogen-bond donors (Lipinski definition) is 3. The molecule has 4 nitrogen and oxygen atoms in total. The van der Waals surface area contributed by atoms with Gasteiger partial charge in [0.05, 0.1) is 18.3 Å². The highest BCUT2D eigenvalue weighted by Gasteiger charge is 2.43. The lowest BCUT2D eigenvalue weighted by Crippen LogP contribution is -2.48. The summed E-state index contributed by atoms with van der Waals surface area (Å²) in [7, 11) is -1.83. The number of aliphatic hydroxyl groups is 3. The van der Waals surface area contributed by atoms with E-state index in [1.54, 1.807) is 0 Å². The predicted molar refractivity (Wildman–Crippen MR) is 83.2 cm³/mol. The van der Waals surface area contributed by atoms with Gasteiger partial charge in [0, 0.05) is 18.9 Å². The van der Waals surface area contributed by atoms with Crippen molar-refractivity contribution in [2.45, 2.75) is 88.8 Å². The highest BCUT2D eigenvalue weighted by Crippen LogP contribution is 2.41. The lowest BCUT2D eigenvalue weighted by atomic mass is 9.79. The molecule has 1 aliphatic carbocycles. The van der Waals surface area contributed by atoms with Gasteiger partial charge in [-0.1, -0.05) is 20.8 Å². The molecule has 1 aliphatic rings. The molecule has 0 spiro atoms. The summed E-state index contributed by atoms with van der Waals surface area (Å²) in [4.78, 5) is 0. The number of aliphatic hydroxyl groups excluding tert-OH is 2. The van der Waals surface area contributed by atoms with Gasteiger partial charge in [0.2, 0.25) is 0 Å². The maximum absolute atomic E-state index is 10.6. The van der Waals surface area contributed by atoms with Gasteiger partial charge in [0.25, 0.3) is 0 Å². The molecule has 0 aromatic rings. The Kier molecular flexibility index (Phi) is 5.83. The van der Waals surface area contributed by atoms with Crippen molar-refractivity contribution in [3.63, 3.8) is 0 Å². The van der Waals surface area contributed by atoms with Crippen molar-refractivity contribution >= 4 is 8.32 Å². The SMILES string of the molecule is CC(C)(C)[Si](C)(C)O[C@H]1CCC[C@@](O)(CC(O)CO)C1. The summed E-state index contributed by atoms with van der Waals surface area (Å²) in [5, 5.41) is 29.3. The lowest BCUT2D eigenvalue weighted by Gasteiger charge is -2.44. The van der Waals surface area contributed by atoms with Crippen LogP contribution in [0, 0.1) is 0 Å². The molecule has 1 fully saturated rings. The van der Waals surface area contributed by atoms with Crippen LogP contribution in [0.25, 0.3) is 0 Å². The van der Waals surface area contributed by atoms with Gasteiger partial charge in [-0.3, -0.25) is 0 Å². The molecule has 1 saturated carbocycles. The standard InChI is InChI=1S/C15H32O4Si/c1-14(2,3)20(4,5)19-13-7-6-8-15(18,10-13)9-12(17)11-16/h12-13,16-18H,6-11H2,1-5H3/t12?,13-,15+/m0/s1. The molecule has 0 aromatic carbocycles. The highest BCUT2D eigenvalue weighted by atomic mass is 28.4. The van der Waals surface area contributed by atoms with Gasteiger partial charge in [-0.25, -0.2) is 0 Å². The van der Waals surface area contributed by atoms with Crippen molar-refractivity contribution in [2.75, 3.05) is 6.61 Å². The summed E-state index contributed by atoms with van der Waals surface area (Å²) in [5.41, 5.74) is -0.895. The lowest BCUT2D eigenvalue weighted by molar-refractivity contribution is -0.0763. The highest BCUT2D eigenvalue weighted by molar-refractivity contribution is 6.74. The third-order valence-corrected chi connectivity index (χ3v) is 9.40. The van der Waals surface area contributed by atoms with Crippen LogP contribution in [0.3, 0.4) is 0 Å². The second kappa shape index (κ2) is 6.44. The third kappa shape index (κ3) is 4.81. The van der Waals surface area contributed by atoms with E-state index in [1.807, 2.05) is 0 Å². The predicted octanol–water partition coefficient (Wildman–Crippen LogP) is 2.43. The van der Waals surface area contributed by atoms with Crippen LogP contribution in [0.5, 0.6) is 0 Å². The Hall–Kier alpha value is 0.0569. The molecular formula is C15H32O4Si. The van der Waals surface area contributed by atoms with E-state index >= 15 is 0 Å². The molecule has 1 unspecified atom stereocenters. The largest absolute Gasteiger partial charge is 0.414 e. The van der Waals surface area contributed by atoms with Crippen LogP contribution in [0.15, 0.2) is 0 Å². The maximum atomic E-state index is 10.6. The molecule has 0 radical (unpaired) electrons. The molecule has 0 heterocycles. The van der Waals surface area contributed by atoms with Crippen LogP contribution in [-0.4, -0.2) is 48.1 Å². The van der Waals surface area contributed by atoms with Crippen molar-refractivity contribution in [3.8, 4) is 0 Å². The summed E-state index contributed by atoms with van der Waals surface area (Å²) in [6.07, 6.45) is 2.60. The zero-order chi connectivity index (χ0) is 15.6.